The van der Waals surface area contributed by atoms with Crippen molar-refractivity contribution in [1.82, 2.24) is 0 Å². The van der Waals surface area contributed by atoms with Gasteiger partial charge in [0.25, 0.3) is 0 Å². The summed E-state index contributed by atoms with van der Waals surface area (Å²) in [5.41, 5.74) is 0. The van der Waals surface area contributed by atoms with E-state index < -0.39 is 12.8 Å². The van der Waals surface area contributed by atoms with Crippen molar-refractivity contribution in [3.8, 4) is 0 Å². The summed E-state index contributed by atoms with van der Waals surface area (Å²) >= 11 is 3.61. The van der Waals surface area contributed by atoms with E-state index in [1.165, 1.54) is 12.8 Å². The second-order valence-corrected chi connectivity index (χ2v) is 5.70. The first-order valence-electron chi connectivity index (χ1n) is 5.68. The van der Waals surface area contributed by atoms with Crippen LogP contribution in [0.3, 0.4) is 0 Å². The third-order valence-electron chi connectivity index (χ3n) is 3.26. The van der Waals surface area contributed by atoms with Gasteiger partial charge in [0, 0.05) is 11.4 Å². The van der Waals surface area contributed by atoms with Gasteiger partial charge in [-0.1, -0.05) is 22.9 Å². The Labute approximate surface area is 103 Å². The number of alkyl halides is 4. The van der Waals surface area contributed by atoms with E-state index in [0.717, 1.165) is 12.8 Å². The van der Waals surface area contributed by atoms with Gasteiger partial charge in [0.15, 0.2) is 0 Å². The van der Waals surface area contributed by atoms with Gasteiger partial charge in [0.05, 0.1) is 0 Å². The molecule has 1 nitrogen and oxygen atoms in total. The number of hydrogen-bond acceptors (Lipinski definition) is 1. The summed E-state index contributed by atoms with van der Waals surface area (Å²) in [6.45, 7) is 1.30. The lowest BCUT2D eigenvalue weighted by molar-refractivity contribution is -0.174. The van der Waals surface area contributed by atoms with E-state index in [1.54, 1.807) is 0 Å². The van der Waals surface area contributed by atoms with E-state index in [4.69, 9.17) is 0 Å². The lowest BCUT2D eigenvalue weighted by atomic mass is 9.93. The van der Waals surface area contributed by atoms with Crippen molar-refractivity contribution < 1.29 is 17.9 Å². The zero-order valence-electron chi connectivity index (χ0n) is 9.39. The highest BCUT2D eigenvalue weighted by Crippen LogP contribution is 2.38. The molecule has 0 N–H and O–H groups in total. The highest BCUT2D eigenvalue weighted by Gasteiger charge is 2.30. The predicted molar refractivity (Wildman–Crippen MR) is 60.7 cm³/mol. The molecule has 5 heteroatoms. The van der Waals surface area contributed by atoms with E-state index in [-0.39, 0.29) is 6.61 Å². The molecule has 0 saturated heterocycles. The molecule has 96 valence electrons. The molecule has 0 bridgehead atoms. The predicted octanol–water partition coefficient (Wildman–Crippen LogP) is 4.16. The Hall–Kier alpha value is 0.230. The van der Waals surface area contributed by atoms with Crippen molar-refractivity contribution in [3.63, 3.8) is 0 Å². The van der Waals surface area contributed by atoms with Gasteiger partial charge in [-0.05, 0) is 37.5 Å². The summed E-state index contributed by atoms with van der Waals surface area (Å²) in [6.07, 6.45) is -0.140. The molecule has 1 aliphatic carbocycles. The number of halogens is 4. The molecule has 1 aliphatic rings. The van der Waals surface area contributed by atoms with E-state index in [9.17, 15) is 13.2 Å². The second-order valence-electron chi connectivity index (χ2n) is 4.52. The maximum absolute atomic E-state index is 11.8. The normalized spacial score (nSPS) is 30.9. The van der Waals surface area contributed by atoms with Crippen LogP contribution in [0.15, 0.2) is 0 Å². The number of ether oxygens (including phenoxy) is 1. The Morgan fingerprint density at radius 1 is 1.31 bits per heavy atom. The number of rotatable bonds is 5. The molecular weight excluding hydrogens is 285 g/mol. The monoisotopic (exact) mass is 302 g/mol. The van der Waals surface area contributed by atoms with Crippen LogP contribution in [0.2, 0.25) is 0 Å². The molecule has 3 atom stereocenters. The molecule has 0 radical (unpaired) electrons. The lowest BCUT2D eigenvalue weighted by Gasteiger charge is -2.17. The molecule has 3 unspecified atom stereocenters. The largest absolute Gasteiger partial charge is 0.411 e. The van der Waals surface area contributed by atoms with Gasteiger partial charge in [-0.3, -0.25) is 0 Å². The number of hydrogen-bond donors (Lipinski definition) is 0. The smallest absolute Gasteiger partial charge is 0.372 e. The van der Waals surface area contributed by atoms with Crippen molar-refractivity contribution in [3.05, 3.63) is 0 Å². The van der Waals surface area contributed by atoms with Gasteiger partial charge in [-0.25, -0.2) is 0 Å². The van der Waals surface area contributed by atoms with Crippen LogP contribution in [0.5, 0.6) is 0 Å². The zero-order chi connectivity index (χ0) is 12.2. The van der Waals surface area contributed by atoms with Gasteiger partial charge in [-0.15, -0.1) is 0 Å². The van der Waals surface area contributed by atoms with Crippen LogP contribution in [-0.2, 0) is 4.74 Å². The first-order valence-corrected chi connectivity index (χ1v) is 6.60. The maximum atomic E-state index is 11.8. The minimum Gasteiger partial charge on any atom is -0.372 e. The Balaban J connectivity index is 2.04. The summed E-state index contributed by atoms with van der Waals surface area (Å²) in [4.78, 5) is 0.577. The molecule has 0 amide bonds. The summed E-state index contributed by atoms with van der Waals surface area (Å²) in [7, 11) is 0. The minimum absolute atomic E-state index is 0.218. The van der Waals surface area contributed by atoms with Crippen molar-refractivity contribution in [2.45, 2.75) is 43.6 Å². The molecule has 0 aromatic heterocycles. The minimum atomic E-state index is -4.19. The van der Waals surface area contributed by atoms with Crippen LogP contribution in [0, 0.1) is 11.8 Å². The summed E-state index contributed by atoms with van der Waals surface area (Å²) < 4.78 is 39.9. The fourth-order valence-corrected chi connectivity index (χ4v) is 2.93. The lowest BCUT2D eigenvalue weighted by Crippen LogP contribution is -2.18. The van der Waals surface area contributed by atoms with Crippen LogP contribution in [-0.4, -0.2) is 24.2 Å². The Bertz CT molecular complexity index is 208. The Morgan fingerprint density at radius 3 is 2.50 bits per heavy atom. The quantitative estimate of drug-likeness (QED) is 0.547. The first-order chi connectivity index (χ1) is 7.40. The molecule has 0 heterocycles. The summed E-state index contributed by atoms with van der Waals surface area (Å²) in [5, 5.41) is 0. The highest BCUT2D eigenvalue weighted by molar-refractivity contribution is 9.09. The van der Waals surface area contributed by atoms with Gasteiger partial charge in [0.2, 0.25) is 0 Å². The van der Waals surface area contributed by atoms with E-state index in [0.29, 0.717) is 16.7 Å². The van der Waals surface area contributed by atoms with Crippen molar-refractivity contribution >= 4 is 15.9 Å². The molecular formula is C11H18BrF3O. The van der Waals surface area contributed by atoms with Crippen molar-refractivity contribution in [2.24, 2.45) is 11.8 Å². The third-order valence-corrected chi connectivity index (χ3v) is 4.55. The molecule has 16 heavy (non-hydrogen) atoms. The third kappa shape index (κ3) is 5.04. The Morgan fingerprint density at radius 2 is 2.00 bits per heavy atom. The van der Waals surface area contributed by atoms with E-state index >= 15 is 0 Å². The van der Waals surface area contributed by atoms with Crippen LogP contribution >= 0.6 is 15.9 Å². The van der Waals surface area contributed by atoms with Crippen LogP contribution in [0.4, 0.5) is 13.2 Å². The first kappa shape index (κ1) is 14.3. The molecule has 0 aromatic carbocycles. The van der Waals surface area contributed by atoms with Crippen molar-refractivity contribution in [2.75, 3.05) is 13.2 Å². The fraction of sp³-hybridized carbons (Fsp3) is 1.00. The van der Waals surface area contributed by atoms with Gasteiger partial charge in [0.1, 0.15) is 6.61 Å². The molecule has 0 spiro atoms. The fourth-order valence-electron chi connectivity index (χ4n) is 2.24. The zero-order valence-corrected chi connectivity index (χ0v) is 11.0. The van der Waals surface area contributed by atoms with Gasteiger partial charge >= 0.3 is 6.18 Å². The van der Waals surface area contributed by atoms with Crippen LogP contribution in [0.1, 0.15) is 32.6 Å². The Kier molecular flexibility index (Phi) is 5.57. The van der Waals surface area contributed by atoms with Crippen LogP contribution < -0.4 is 0 Å². The summed E-state index contributed by atoms with van der Waals surface area (Å²) in [5.74, 6) is 1.27. The SMILES string of the molecule is CC1C(Br)CCC1CCCOCC(F)(F)F. The topological polar surface area (TPSA) is 9.23 Å². The van der Waals surface area contributed by atoms with Gasteiger partial charge < -0.3 is 4.74 Å². The second kappa shape index (κ2) is 6.24. The van der Waals surface area contributed by atoms with Crippen molar-refractivity contribution in [1.29, 1.82) is 0 Å². The molecule has 1 fully saturated rings. The molecule has 0 aliphatic heterocycles. The molecule has 0 aromatic rings. The summed E-state index contributed by atoms with van der Waals surface area (Å²) in [6, 6.07) is 0. The average Bonchev–Trinajstić information content (AvgIpc) is 2.47. The highest BCUT2D eigenvalue weighted by atomic mass is 79.9. The molecule has 1 rings (SSSR count). The van der Waals surface area contributed by atoms with Crippen LogP contribution in [0.25, 0.3) is 0 Å². The molecule has 1 saturated carbocycles. The average molecular weight is 303 g/mol. The standard InChI is InChI=1S/C11H18BrF3O/c1-8-9(4-5-10(8)12)3-2-6-16-7-11(13,14)15/h8-10H,2-7H2,1H3. The van der Waals surface area contributed by atoms with E-state index in [1.807, 2.05) is 0 Å². The van der Waals surface area contributed by atoms with Gasteiger partial charge in [-0.2, -0.15) is 13.2 Å². The van der Waals surface area contributed by atoms with E-state index in [2.05, 4.69) is 27.6 Å². The maximum Gasteiger partial charge on any atom is 0.411 e.